The Kier molecular flexibility index (Phi) is 7.46. The summed E-state index contributed by atoms with van der Waals surface area (Å²) in [5, 5.41) is 9.19. The van der Waals surface area contributed by atoms with E-state index in [1.54, 1.807) is 0 Å². The number of aromatic carboxylic acids is 1. The van der Waals surface area contributed by atoms with E-state index in [1.807, 2.05) is 26.0 Å². The highest BCUT2D eigenvalue weighted by molar-refractivity contribution is 7.14. The Balaban J connectivity index is 1.90. The predicted molar refractivity (Wildman–Crippen MR) is 130 cm³/mol. The fourth-order valence-corrected chi connectivity index (χ4v) is 4.85. The normalized spacial score (nSPS) is 13.1. The van der Waals surface area contributed by atoms with Crippen molar-refractivity contribution in [3.63, 3.8) is 0 Å². The largest absolute Gasteiger partial charge is 0.485 e. The van der Waals surface area contributed by atoms with Gasteiger partial charge in [0.15, 0.2) is 0 Å². The first-order chi connectivity index (χ1) is 15.7. The molecule has 1 atom stereocenters. The van der Waals surface area contributed by atoms with Crippen molar-refractivity contribution in [3.05, 3.63) is 75.0 Å². The summed E-state index contributed by atoms with van der Waals surface area (Å²) in [6, 6.07) is 15.0. The Bertz CT molecular complexity index is 1130. The van der Waals surface area contributed by atoms with Crippen molar-refractivity contribution in [3.8, 4) is 16.9 Å². The van der Waals surface area contributed by atoms with E-state index in [-0.39, 0.29) is 16.7 Å². The van der Waals surface area contributed by atoms with E-state index in [4.69, 9.17) is 4.74 Å². The Hall–Kier alpha value is -2.80. The Labute approximate surface area is 202 Å². The second kappa shape index (κ2) is 9.82. The molecule has 0 aliphatic carbocycles. The monoisotopic (exact) mass is 490 g/mol. The van der Waals surface area contributed by atoms with Gasteiger partial charge in [-0.25, -0.2) is 4.79 Å². The Morgan fingerprint density at radius 2 is 1.59 bits per heavy atom. The number of thiophene rings is 1. The van der Waals surface area contributed by atoms with Gasteiger partial charge in [0.05, 0.1) is 0 Å². The molecule has 3 aromatic rings. The summed E-state index contributed by atoms with van der Waals surface area (Å²) < 4.78 is 44.8. The number of hydrogen-bond donors (Lipinski definition) is 1. The summed E-state index contributed by atoms with van der Waals surface area (Å²) in [4.78, 5) is 11.8. The minimum atomic E-state index is -4.33. The lowest BCUT2D eigenvalue weighted by molar-refractivity contribution is -0.139. The summed E-state index contributed by atoms with van der Waals surface area (Å²) in [5.74, 6) is -0.651. The van der Waals surface area contributed by atoms with E-state index in [9.17, 15) is 23.1 Å². The lowest BCUT2D eigenvalue weighted by Gasteiger charge is -2.22. The maximum absolute atomic E-state index is 12.9. The number of carboxylic acids is 1. The third-order valence-corrected chi connectivity index (χ3v) is 6.83. The molecule has 0 aliphatic rings. The van der Waals surface area contributed by atoms with E-state index in [1.165, 1.54) is 17.7 Å². The molecule has 182 valence electrons. The van der Waals surface area contributed by atoms with Crippen LogP contribution >= 0.6 is 11.3 Å². The van der Waals surface area contributed by atoms with E-state index in [0.29, 0.717) is 10.6 Å². The van der Waals surface area contributed by atoms with Gasteiger partial charge in [0.2, 0.25) is 0 Å². The highest BCUT2D eigenvalue weighted by Crippen LogP contribution is 2.37. The molecule has 1 aromatic heterocycles. The second-order valence-corrected chi connectivity index (χ2v) is 10.6. The second-order valence-electron chi connectivity index (χ2n) is 9.53. The van der Waals surface area contributed by atoms with Crippen LogP contribution in [0.2, 0.25) is 0 Å². The van der Waals surface area contributed by atoms with Crippen LogP contribution in [0, 0.1) is 13.8 Å². The molecule has 34 heavy (non-hydrogen) atoms. The molecule has 0 bridgehead atoms. The first-order valence-electron chi connectivity index (χ1n) is 11.0. The quantitative estimate of drug-likeness (QED) is 0.361. The highest BCUT2D eigenvalue weighted by Gasteiger charge is 2.30. The minimum absolute atomic E-state index is 0.0496. The molecule has 3 nitrogen and oxygen atoms in total. The lowest BCUT2D eigenvalue weighted by atomic mass is 9.85. The van der Waals surface area contributed by atoms with Crippen LogP contribution in [0.4, 0.5) is 13.2 Å². The SMILES string of the molecule is Cc1cc(O[C@H](CCC(F)(F)F)c2ccc(C(=O)O)s2)cc(C)c1-c1ccc(C(C)(C)C)cc1. The smallest absolute Gasteiger partial charge is 0.389 e. The number of halogens is 3. The first kappa shape index (κ1) is 25.8. The average molecular weight is 491 g/mol. The van der Waals surface area contributed by atoms with E-state index in [2.05, 4.69) is 45.0 Å². The molecular formula is C27H29F3O3S. The molecule has 2 aromatic carbocycles. The van der Waals surface area contributed by atoms with Gasteiger partial charge in [-0.3, -0.25) is 0 Å². The van der Waals surface area contributed by atoms with Crippen LogP contribution in [0.25, 0.3) is 11.1 Å². The van der Waals surface area contributed by atoms with Crippen molar-refractivity contribution in [2.24, 2.45) is 0 Å². The van der Waals surface area contributed by atoms with Crippen molar-refractivity contribution in [1.29, 1.82) is 0 Å². The molecule has 0 radical (unpaired) electrons. The van der Waals surface area contributed by atoms with Gasteiger partial charge >= 0.3 is 12.1 Å². The molecule has 7 heteroatoms. The lowest BCUT2D eigenvalue weighted by Crippen LogP contribution is -2.13. The Morgan fingerprint density at radius 1 is 1.00 bits per heavy atom. The third-order valence-electron chi connectivity index (χ3n) is 5.67. The van der Waals surface area contributed by atoms with E-state index >= 15 is 0 Å². The first-order valence-corrected chi connectivity index (χ1v) is 11.8. The number of rotatable bonds is 7. The van der Waals surface area contributed by atoms with Crippen LogP contribution in [0.5, 0.6) is 5.75 Å². The van der Waals surface area contributed by atoms with Gasteiger partial charge in [-0.1, -0.05) is 45.0 Å². The summed E-state index contributed by atoms with van der Waals surface area (Å²) in [6.45, 7) is 10.4. The molecule has 0 unspecified atom stereocenters. The topological polar surface area (TPSA) is 46.5 Å². The molecule has 1 heterocycles. The number of alkyl halides is 3. The van der Waals surface area contributed by atoms with Crippen LogP contribution in [0.1, 0.15) is 71.0 Å². The van der Waals surface area contributed by atoms with Crippen LogP contribution in [0.15, 0.2) is 48.5 Å². The van der Waals surface area contributed by atoms with Gasteiger partial charge in [0, 0.05) is 11.3 Å². The molecular weight excluding hydrogens is 461 g/mol. The molecule has 0 saturated carbocycles. The number of aryl methyl sites for hydroxylation is 2. The van der Waals surface area contributed by atoms with Gasteiger partial charge < -0.3 is 9.84 Å². The predicted octanol–water partition coefficient (Wildman–Crippen LogP) is 8.49. The van der Waals surface area contributed by atoms with Crippen molar-refractivity contribution < 1.29 is 27.8 Å². The molecule has 1 N–H and O–H groups in total. The van der Waals surface area contributed by atoms with Crippen molar-refractivity contribution in [2.75, 3.05) is 0 Å². The van der Waals surface area contributed by atoms with Crippen molar-refractivity contribution in [1.82, 2.24) is 0 Å². The highest BCUT2D eigenvalue weighted by atomic mass is 32.1. The molecule has 0 aliphatic heterocycles. The summed E-state index contributed by atoms with van der Waals surface area (Å²) in [5.41, 5.74) is 5.30. The Morgan fingerprint density at radius 3 is 2.06 bits per heavy atom. The third kappa shape index (κ3) is 6.41. The van der Waals surface area contributed by atoms with Crippen LogP contribution in [0.3, 0.4) is 0 Å². The number of benzene rings is 2. The molecule has 3 rings (SSSR count). The zero-order chi connectivity index (χ0) is 25.3. The standard InChI is InChI=1S/C27H29F3O3S/c1-16-14-20(15-17(2)24(16)18-6-8-19(9-7-18)26(3,4)5)33-21(12-13-27(28,29)30)22-10-11-23(34-22)25(31)32/h6-11,14-15,21H,12-13H2,1-5H3,(H,31,32)/t21-/m1/s1. The van der Waals surface area contributed by atoms with E-state index < -0.39 is 24.7 Å². The number of hydrogen-bond acceptors (Lipinski definition) is 3. The van der Waals surface area contributed by atoms with Gasteiger partial charge in [0.1, 0.15) is 16.7 Å². The van der Waals surface area contributed by atoms with E-state index in [0.717, 1.165) is 33.6 Å². The maximum atomic E-state index is 12.9. The molecule has 0 saturated heterocycles. The van der Waals surface area contributed by atoms with Gasteiger partial charge in [0.25, 0.3) is 0 Å². The van der Waals surface area contributed by atoms with Crippen molar-refractivity contribution >= 4 is 17.3 Å². The van der Waals surface area contributed by atoms with Gasteiger partial charge in [-0.2, -0.15) is 13.2 Å². The average Bonchev–Trinajstić information content (AvgIpc) is 3.20. The summed E-state index contributed by atoms with van der Waals surface area (Å²) in [7, 11) is 0. The van der Waals surface area contributed by atoms with Crippen molar-refractivity contribution in [2.45, 2.75) is 65.2 Å². The number of ether oxygens (including phenoxy) is 1. The number of carboxylic acid groups (broad SMARTS) is 1. The maximum Gasteiger partial charge on any atom is 0.389 e. The van der Waals surface area contributed by atoms with Gasteiger partial charge in [-0.15, -0.1) is 11.3 Å². The summed E-state index contributed by atoms with van der Waals surface area (Å²) in [6.07, 6.45) is -6.54. The summed E-state index contributed by atoms with van der Waals surface area (Å²) >= 11 is 0.939. The van der Waals surface area contributed by atoms with Crippen LogP contribution in [-0.4, -0.2) is 17.3 Å². The molecule has 0 amide bonds. The zero-order valence-corrected chi connectivity index (χ0v) is 20.7. The fraction of sp³-hybridized carbons (Fsp3) is 0.370. The zero-order valence-electron chi connectivity index (χ0n) is 19.9. The van der Waals surface area contributed by atoms with Crippen LogP contribution in [-0.2, 0) is 5.41 Å². The molecule has 0 fully saturated rings. The minimum Gasteiger partial charge on any atom is -0.485 e. The van der Waals surface area contributed by atoms with Gasteiger partial charge in [-0.05, 0) is 77.8 Å². The fourth-order valence-electron chi connectivity index (χ4n) is 3.94. The molecule has 0 spiro atoms. The van der Waals surface area contributed by atoms with Crippen LogP contribution < -0.4 is 4.74 Å². The number of carbonyl (C=O) groups is 1.